The zero-order valence-electron chi connectivity index (χ0n) is 11.0. The summed E-state index contributed by atoms with van der Waals surface area (Å²) >= 11 is 0. The summed E-state index contributed by atoms with van der Waals surface area (Å²) in [6.07, 6.45) is 5.41. The normalized spacial score (nSPS) is 18.4. The number of rotatable bonds is 7. The molecule has 0 bridgehead atoms. The number of ether oxygens (including phenoxy) is 1. The van der Waals surface area contributed by atoms with Crippen LogP contribution in [0.15, 0.2) is 24.3 Å². The van der Waals surface area contributed by atoms with Gasteiger partial charge in [-0.3, -0.25) is 4.79 Å². The standard InChI is InChI=1S/C15H20N2O2/c16-14(18)9-19-13-3-1-2-12(8-13)17-15(10-4-5-10)11-6-7-11/h1-3,8,10-11,15,17H,4-7,9H2,(H2,16,18). The Labute approximate surface area is 113 Å². The van der Waals surface area contributed by atoms with E-state index in [1.54, 1.807) is 0 Å². The second-order valence-electron chi connectivity index (χ2n) is 5.63. The van der Waals surface area contributed by atoms with Gasteiger partial charge in [0.2, 0.25) is 0 Å². The van der Waals surface area contributed by atoms with Crippen LogP contribution in [0, 0.1) is 11.8 Å². The van der Waals surface area contributed by atoms with E-state index in [4.69, 9.17) is 10.5 Å². The summed E-state index contributed by atoms with van der Waals surface area (Å²) in [5, 5.41) is 3.63. The fourth-order valence-electron chi connectivity index (χ4n) is 2.55. The van der Waals surface area contributed by atoms with E-state index in [1.165, 1.54) is 25.7 Å². The van der Waals surface area contributed by atoms with Crippen LogP contribution in [0.1, 0.15) is 25.7 Å². The summed E-state index contributed by atoms with van der Waals surface area (Å²) < 4.78 is 5.33. The van der Waals surface area contributed by atoms with E-state index in [0.717, 1.165) is 17.5 Å². The molecule has 0 atom stereocenters. The summed E-state index contributed by atoms with van der Waals surface area (Å²) in [4.78, 5) is 10.7. The monoisotopic (exact) mass is 260 g/mol. The van der Waals surface area contributed by atoms with Crippen LogP contribution in [-0.2, 0) is 4.79 Å². The molecule has 1 aromatic rings. The van der Waals surface area contributed by atoms with E-state index in [2.05, 4.69) is 11.4 Å². The van der Waals surface area contributed by atoms with Gasteiger partial charge >= 0.3 is 0 Å². The molecule has 2 saturated carbocycles. The molecule has 102 valence electrons. The van der Waals surface area contributed by atoms with Gasteiger partial charge in [0.25, 0.3) is 5.91 Å². The summed E-state index contributed by atoms with van der Waals surface area (Å²) in [7, 11) is 0. The third-order valence-electron chi connectivity index (χ3n) is 3.81. The van der Waals surface area contributed by atoms with Crippen molar-refractivity contribution >= 4 is 11.6 Å². The highest BCUT2D eigenvalue weighted by Crippen LogP contribution is 2.45. The van der Waals surface area contributed by atoms with E-state index in [0.29, 0.717) is 11.8 Å². The molecule has 4 nitrogen and oxygen atoms in total. The lowest BCUT2D eigenvalue weighted by Crippen LogP contribution is -2.24. The number of benzene rings is 1. The maximum atomic E-state index is 10.7. The number of hydrogen-bond donors (Lipinski definition) is 2. The SMILES string of the molecule is NC(=O)COc1cccc(NC(C2CC2)C2CC2)c1. The van der Waals surface area contributed by atoms with E-state index in [9.17, 15) is 4.79 Å². The lowest BCUT2D eigenvalue weighted by molar-refractivity contribution is -0.119. The molecule has 19 heavy (non-hydrogen) atoms. The van der Waals surface area contributed by atoms with Crippen molar-refractivity contribution in [2.24, 2.45) is 17.6 Å². The van der Waals surface area contributed by atoms with Crippen molar-refractivity contribution in [3.8, 4) is 5.75 Å². The summed E-state index contributed by atoms with van der Waals surface area (Å²) in [6, 6.07) is 8.40. The van der Waals surface area contributed by atoms with E-state index in [-0.39, 0.29) is 6.61 Å². The first-order chi connectivity index (χ1) is 9.22. The third-order valence-corrected chi connectivity index (χ3v) is 3.81. The van der Waals surface area contributed by atoms with Gasteiger partial charge in [0.1, 0.15) is 5.75 Å². The maximum Gasteiger partial charge on any atom is 0.255 e. The number of nitrogens with two attached hydrogens (primary N) is 1. The van der Waals surface area contributed by atoms with E-state index >= 15 is 0 Å². The minimum atomic E-state index is -0.452. The van der Waals surface area contributed by atoms with Gasteiger partial charge in [0, 0.05) is 17.8 Å². The maximum absolute atomic E-state index is 10.7. The molecule has 0 aromatic heterocycles. The van der Waals surface area contributed by atoms with E-state index < -0.39 is 5.91 Å². The lowest BCUT2D eigenvalue weighted by Gasteiger charge is -2.19. The van der Waals surface area contributed by atoms with Crippen LogP contribution in [0.3, 0.4) is 0 Å². The van der Waals surface area contributed by atoms with Gasteiger partial charge in [0.15, 0.2) is 6.61 Å². The molecule has 0 saturated heterocycles. The molecule has 0 radical (unpaired) electrons. The van der Waals surface area contributed by atoms with Gasteiger partial charge in [0.05, 0.1) is 0 Å². The number of primary amides is 1. The number of amides is 1. The molecule has 2 aliphatic carbocycles. The second-order valence-corrected chi connectivity index (χ2v) is 5.63. The minimum absolute atomic E-state index is 0.0713. The number of hydrogen-bond acceptors (Lipinski definition) is 3. The zero-order chi connectivity index (χ0) is 13.2. The number of carbonyl (C=O) groups is 1. The molecule has 3 rings (SSSR count). The molecule has 3 N–H and O–H groups in total. The highest BCUT2D eigenvalue weighted by Gasteiger charge is 2.41. The fourth-order valence-corrected chi connectivity index (χ4v) is 2.55. The topological polar surface area (TPSA) is 64.4 Å². The van der Waals surface area contributed by atoms with Crippen molar-refractivity contribution < 1.29 is 9.53 Å². The Morgan fingerprint density at radius 1 is 1.32 bits per heavy atom. The van der Waals surface area contributed by atoms with Crippen LogP contribution < -0.4 is 15.8 Å². The quantitative estimate of drug-likeness (QED) is 0.789. The first-order valence-corrected chi connectivity index (χ1v) is 7.00. The Balaban J connectivity index is 1.63. The number of carbonyl (C=O) groups excluding carboxylic acids is 1. The van der Waals surface area contributed by atoms with Crippen LogP contribution >= 0.6 is 0 Å². The van der Waals surface area contributed by atoms with Crippen molar-refractivity contribution in [2.75, 3.05) is 11.9 Å². The Kier molecular flexibility index (Phi) is 3.32. The molecule has 1 amide bonds. The van der Waals surface area contributed by atoms with Crippen LogP contribution in [0.2, 0.25) is 0 Å². The molecular formula is C15H20N2O2. The second kappa shape index (κ2) is 5.11. The van der Waals surface area contributed by atoms with Gasteiger partial charge in [-0.1, -0.05) is 6.07 Å². The fraction of sp³-hybridized carbons (Fsp3) is 0.533. The predicted molar refractivity (Wildman–Crippen MR) is 74.0 cm³/mol. The molecule has 1 aromatic carbocycles. The van der Waals surface area contributed by atoms with Gasteiger partial charge in [-0.05, 0) is 49.7 Å². The van der Waals surface area contributed by atoms with Gasteiger partial charge in [-0.25, -0.2) is 0 Å². The molecule has 0 spiro atoms. The highest BCUT2D eigenvalue weighted by molar-refractivity contribution is 5.75. The molecule has 0 heterocycles. The summed E-state index contributed by atoms with van der Waals surface area (Å²) in [5.41, 5.74) is 6.15. The Bertz CT molecular complexity index is 455. The van der Waals surface area contributed by atoms with Gasteiger partial charge in [-0.2, -0.15) is 0 Å². The van der Waals surface area contributed by atoms with Crippen molar-refractivity contribution in [1.29, 1.82) is 0 Å². The van der Waals surface area contributed by atoms with Crippen molar-refractivity contribution in [3.63, 3.8) is 0 Å². The third kappa shape index (κ3) is 3.40. The van der Waals surface area contributed by atoms with Gasteiger partial charge in [-0.15, -0.1) is 0 Å². The smallest absolute Gasteiger partial charge is 0.255 e. The molecule has 0 unspecified atom stereocenters. The van der Waals surface area contributed by atoms with Crippen LogP contribution in [0.5, 0.6) is 5.75 Å². The van der Waals surface area contributed by atoms with Crippen LogP contribution in [-0.4, -0.2) is 18.6 Å². The Morgan fingerprint density at radius 2 is 2.00 bits per heavy atom. The largest absolute Gasteiger partial charge is 0.484 e. The lowest BCUT2D eigenvalue weighted by atomic mass is 10.1. The van der Waals surface area contributed by atoms with Crippen molar-refractivity contribution in [3.05, 3.63) is 24.3 Å². The first kappa shape index (κ1) is 12.3. The average Bonchev–Trinajstić information content (AvgIpc) is 3.28. The minimum Gasteiger partial charge on any atom is -0.484 e. The molecule has 0 aliphatic heterocycles. The molecule has 2 fully saturated rings. The van der Waals surface area contributed by atoms with Crippen molar-refractivity contribution in [2.45, 2.75) is 31.7 Å². The number of nitrogens with one attached hydrogen (secondary N) is 1. The molecule has 4 heteroatoms. The van der Waals surface area contributed by atoms with Crippen molar-refractivity contribution in [1.82, 2.24) is 0 Å². The summed E-state index contributed by atoms with van der Waals surface area (Å²) in [5.74, 6) is 1.94. The summed E-state index contributed by atoms with van der Waals surface area (Å²) in [6.45, 7) is -0.0713. The highest BCUT2D eigenvalue weighted by atomic mass is 16.5. The van der Waals surface area contributed by atoms with Crippen LogP contribution in [0.4, 0.5) is 5.69 Å². The Hall–Kier alpha value is -1.71. The van der Waals surface area contributed by atoms with E-state index in [1.807, 2.05) is 18.2 Å². The van der Waals surface area contributed by atoms with Crippen LogP contribution in [0.25, 0.3) is 0 Å². The predicted octanol–water partition coefficient (Wildman–Crippen LogP) is 2.15. The zero-order valence-corrected chi connectivity index (χ0v) is 11.0. The molecular weight excluding hydrogens is 240 g/mol. The Morgan fingerprint density at radius 3 is 2.58 bits per heavy atom. The number of anilines is 1. The molecule has 2 aliphatic rings. The first-order valence-electron chi connectivity index (χ1n) is 7.00. The average molecular weight is 260 g/mol. The van der Waals surface area contributed by atoms with Gasteiger partial charge < -0.3 is 15.8 Å².